The molecule has 0 saturated carbocycles. The van der Waals surface area contributed by atoms with E-state index in [1.165, 1.54) is 5.56 Å². The molecule has 1 aliphatic rings. The number of aryl methyl sites for hydroxylation is 1. The van der Waals surface area contributed by atoms with E-state index in [-0.39, 0.29) is 5.91 Å². The number of amides is 1. The van der Waals surface area contributed by atoms with Crippen LogP contribution in [0.4, 0.5) is 0 Å². The van der Waals surface area contributed by atoms with E-state index in [0.717, 1.165) is 55.5 Å². The number of nitrogens with zero attached hydrogens (tertiary/aromatic N) is 2. The van der Waals surface area contributed by atoms with Gasteiger partial charge in [-0.2, -0.15) is 0 Å². The van der Waals surface area contributed by atoms with Crippen molar-refractivity contribution < 1.29 is 9.53 Å². The van der Waals surface area contributed by atoms with Crippen LogP contribution in [0, 0.1) is 6.92 Å². The standard InChI is InChI=1S/C24H29ClN2O2/c1-20-19-22(11-12-23(20)25)29-18-6-10-24(28)27-16-14-26(15-17-27)13-5-9-21-7-3-2-4-8-21/h2-5,7-9,11-12,19H,6,10,13-18H2,1H3. The minimum atomic E-state index is 0.223. The highest BCUT2D eigenvalue weighted by Gasteiger charge is 2.19. The highest BCUT2D eigenvalue weighted by molar-refractivity contribution is 6.31. The molecule has 0 radical (unpaired) electrons. The molecular weight excluding hydrogens is 384 g/mol. The summed E-state index contributed by atoms with van der Waals surface area (Å²) in [5, 5.41) is 0.738. The van der Waals surface area contributed by atoms with Crippen molar-refractivity contribution in [3.05, 3.63) is 70.8 Å². The second kappa shape index (κ2) is 11.0. The molecule has 3 rings (SSSR count). The zero-order valence-electron chi connectivity index (χ0n) is 17.0. The van der Waals surface area contributed by atoms with Crippen molar-refractivity contribution in [3.63, 3.8) is 0 Å². The predicted octanol–water partition coefficient (Wildman–Crippen LogP) is 4.67. The van der Waals surface area contributed by atoms with E-state index in [0.29, 0.717) is 13.0 Å². The van der Waals surface area contributed by atoms with Gasteiger partial charge in [0.25, 0.3) is 0 Å². The van der Waals surface area contributed by atoms with Crippen LogP contribution in [0.2, 0.25) is 5.02 Å². The van der Waals surface area contributed by atoms with Crippen LogP contribution in [-0.2, 0) is 4.79 Å². The summed E-state index contributed by atoms with van der Waals surface area (Å²) in [5.41, 5.74) is 2.22. The normalized spacial score (nSPS) is 15.0. The lowest BCUT2D eigenvalue weighted by molar-refractivity contribution is -0.133. The summed E-state index contributed by atoms with van der Waals surface area (Å²) in [5.74, 6) is 1.02. The Bertz CT molecular complexity index is 815. The Hall–Kier alpha value is -2.30. The van der Waals surface area contributed by atoms with Crippen molar-refractivity contribution >= 4 is 23.6 Å². The maximum Gasteiger partial charge on any atom is 0.222 e. The smallest absolute Gasteiger partial charge is 0.222 e. The summed E-state index contributed by atoms with van der Waals surface area (Å²) in [6, 6.07) is 16.0. The predicted molar refractivity (Wildman–Crippen MR) is 119 cm³/mol. The maximum absolute atomic E-state index is 12.4. The first-order valence-electron chi connectivity index (χ1n) is 10.2. The van der Waals surface area contributed by atoms with Gasteiger partial charge in [-0.25, -0.2) is 0 Å². The van der Waals surface area contributed by atoms with Gasteiger partial charge in [0.15, 0.2) is 0 Å². The van der Waals surface area contributed by atoms with Crippen molar-refractivity contribution in [2.75, 3.05) is 39.3 Å². The largest absolute Gasteiger partial charge is 0.494 e. The molecule has 2 aromatic rings. The molecule has 1 amide bonds. The Morgan fingerprint density at radius 1 is 1.10 bits per heavy atom. The summed E-state index contributed by atoms with van der Waals surface area (Å²) in [7, 11) is 0. The third-order valence-corrected chi connectivity index (χ3v) is 5.56. The minimum absolute atomic E-state index is 0.223. The van der Waals surface area contributed by atoms with Crippen LogP contribution < -0.4 is 4.74 Å². The number of carbonyl (C=O) groups is 1. The Balaban J connectivity index is 1.31. The average molecular weight is 413 g/mol. The molecule has 0 bridgehead atoms. The van der Waals surface area contributed by atoms with E-state index in [1.807, 2.05) is 48.2 Å². The average Bonchev–Trinajstić information content (AvgIpc) is 2.75. The maximum atomic E-state index is 12.4. The molecule has 2 aromatic carbocycles. The lowest BCUT2D eigenvalue weighted by Crippen LogP contribution is -2.48. The van der Waals surface area contributed by atoms with Crippen molar-refractivity contribution in [3.8, 4) is 5.75 Å². The summed E-state index contributed by atoms with van der Waals surface area (Å²) < 4.78 is 5.73. The van der Waals surface area contributed by atoms with Gasteiger partial charge in [-0.15, -0.1) is 0 Å². The fourth-order valence-corrected chi connectivity index (χ4v) is 3.48. The second-order valence-corrected chi connectivity index (χ2v) is 7.76. The fraction of sp³-hybridized carbons (Fsp3) is 0.375. The van der Waals surface area contributed by atoms with Crippen LogP contribution in [0.3, 0.4) is 0 Å². The summed E-state index contributed by atoms with van der Waals surface area (Å²) in [6.07, 6.45) is 5.60. The molecule has 5 heteroatoms. The molecule has 154 valence electrons. The number of benzene rings is 2. The molecule has 0 spiro atoms. The van der Waals surface area contributed by atoms with E-state index in [4.69, 9.17) is 16.3 Å². The molecule has 0 atom stereocenters. The minimum Gasteiger partial charge on any atom is -0.494 e. The topological polar surface area (TPSA) is 32.8 Å². The zero-order chi connectivity index (χ0) is 20.5. The zero-order valence-corrected chi connectivity index (χ0v) is 17.8. The van der Waals surface area contributed by atoms with Gasteiger partial charge >= 0.3 is 0 Å². The first-order chi connectivity index (χ1) is 14.1. The van der Waals surface area contributed by atoms with Crippen LogP contribution in [0.5, 0.6) is 5.75 Å². The van der Waals surface area contributed by atoms with Crippen LogP contribution in [-0.4, -0.2) is 55.0 Å². The highest BCUT2D eigenvalue weighted by atomic mass is 35.5. The van der Waals surface area contributed by atoms with Crippen LogP contribution >= 0.6 is 11.6 Å². The number of hydrogen-bond acceptors (Lipinski definition) is 3. The molecule has 29 heavy (non-hydrogen) atoms. The van der Waals surface area contributed by atoms with Gasteiger partial charge in [0.1, 0.15) is 5.75 Å². The van der Waals surface area contributed by atoms with Crippen LogP contribution in [0.25, 0.3) is 6.08 Å². The SMILES string of the molecule is Cc1cc(OCCCC(=O)N2CCN(CC=Cc3ccccc3)CC2)ccc1Cl. The third kappa shape index (κ3) is 6.91. The Morgan fingerprint density at radius 2 is 1.86 bits per heavy atom. The Labute approximate surface area is 178 Å². The molecule has 1 aliphatic heterocycles. The number of hydrogen-bond donors (Lipinski definition) is 0. The van der Waals surface area contributed by atoms with Gasteiger partial charge in [-0.1, -0.05) is 54.1 Å². The Kier molecular flexibility index (Phi) is 8.14. The number of carbonyl (C=O) groups excluding carboxylic acids is 1. The van der Waals surface area contributed by atoms with Gasteiger partial charge < -0.3 is 9.64 Å². The van der Waals surface area contributed by atoms with Gasteiger partial charge in [0.2, 0.25) is 5.91 Å². The molecule has 1 heterocycles. The van der Waals surface area contributed by atoms with E-state index < -0.39 is 0 Å². The summed E-state index contributed by atoms with van der Waals surface area (Å²) >= 11 is 6.02. The lowest BCUT2D eigenvalue weighted by Gasteiger charge is -2.34. The number of rotatable bonds is 8. The van der Waals surface area contributed by atoms with E-state index >= 15 is 0 Å². The number of ether oxygens (including phenoxy) is 1. The summed E-state index contributed by atoms with van der Waals surface area (Å²) in [6.45, 7) is 6.86. The fourth-order valence-electron chi connectivity index (χ4n) is 3.36. The monoisotopic (exact) mass is 412 g/mol. The molecule has 1 fully saturated rings. The van der Waals surface area contributed by atoms with Gasteiger partial charge in [0, 0.05) is 44.2 Å². The molecular formula is C24H29ClN2O2. The lowest BCUT2D eigenvalue weighted by atomic mass is 10.2. The highest BCUT2D eigenvalue weighted by Crippen LogP contribution is 2.21. The van der Waals surface area contributed by atoms with E-state index in [1.54, 1.807) is 0 Å². The third-order valence-electron chi connectivity index (χ3n) is 5.13. The molecule has 0 N–H and O–H groups in total. The molecule has 0 aliphatic carbocycles. The number of piperazine rings is 1. The van der Waals surface area contributed by atoms with E-state index in [9.17, 15) is 4.79 Å². The van der Waals surface area contributed by atoms with Crippen molar-refractivity contribution in [2.45, 2.75) is 19.8 Å². The van der Waals surface area contributed by atoms with Gasteiger partial charge in [0.05, 0.1) is 6.61 Å². The molecule has 4 nitrogen and oxygen atoms in total. The van der Waals surface area contributed by atoms with Crippen LogP contribution in [0.15, 0.2) is 54.6 Å². The Morgan fingerprint density at radius 3 is 2.59 bits per heavy atom. The molecule has 0 aromatic heterocycles. The van der Waals surface area contributed by atoms with Gasteiger partial charge in [-0.3, -0.25) is 9.69 Å². The quantitative estimate of drug-likeness (QED) is 0.591. The molecule has 1 saturated heterocycles. The van der Waals surface area contributed by atoms with Crippen molar-refractivity contribution in [1.82, 2.24) is 9.80 Å². The number of halogens is 1. The van der Waals surface area contributed by atoms with Crippen LogP contribution in [0.1, 0.15) is 24.0 Å². The van der Waals surface area contributed by atoms with Crippen molar-refractivity contribution in [1.29, 1.82) is 0 Å². The second-order valence-electron chi connectivity index (χ2n) is 7.36. The summed E-state index contributed by atoms with van der Waals surface area (Å²) in [4.78, 5) is 16.8. The molecule has 0 unspecified atom stereocenters. The van der Waals surface area contributed by atoms with Crippen molar-refractivity contribution in [2.24, 2.45) is 0 Å². The van der Waals surface area contributed by atoms with E-state index in [2.05, 4.69) is 29.2 Å². The first kappa shape index (κ1) is 21.4. The first-order valence-corrected chi connectivity index (χ1v) is 10.6. The van der Waals surface area contributed by atoms with Gasteiger partial charge in [-0.05, 0) is 42.7 Å².